The maximum atomic E-state index is 6.00. The average Bonchev–Trinajstić information content (AvgIpc) is 2.44. The number of halogens is 1. The molecule has 0 radical (unpaired) electrons. The van der Waals surface area contributed by atoms with E-state index < -0.39 is 0 Å². The Kier molecular flexibility index (Phi) is 4.03. The molecule has 1 aliphatic heterocycles. The number of hydrogen-bond donors (Lipinski definition) is 1. The quantitative estimate of drug-likeness (QED) is 0.943. The zero-order valence-electron chi connectivity index (χ0n) is 11.6. The Morgan fingerprint density at radius 2 is 2.30 bits per heavy atom. The van der Waals surface area contributed by atoms with E-state index in [1.54, 1.807) is 6.33 Å². The van der Waals surface area contributed by atoms with E-state index in [9.17, 15) is 0 Å². The third kappa shape index (κ3) is 3.02. The molecule has 20 heavy (non-hydrogen) atoms. The van der Waals surface area contributed by atoms with Gasteiger partial charge in [0.2, 0.25) is 0 Å². The summed E-state index contributed by atoms with van der Waals surface area (Å²) in [5.74, 6) is 1.59. The summed E-state index contributed by atoms with van der Waals surface area (Å²) in [6, 6.07) is 5.73. The SMILES string of the molecule is CN1CCCC(CNc2ncnc3cc(Cl)ccc23)C1. The molecule has 5 heteroatoms. The van der Waals surface area contributed by atoms with E-state index in [2.05, 4.69) is 27.2 Å². The number of anilines is 1. The maximum absolute atomic E-state index is 6.00. The number of hydrogen-bond acceptors (Lipinski definition) is 4. The highest BCUT2D eigenvalue weighted by molar-refractivity contribution is 6.31. The van der Waals surface area contributed by atoms with E-state index in [-0.39, 0.29) is 0 Å². The molecule has 1 saturated heterocycles. The molecule has 1 atom stereocenters. The second-order valence-electron chi connectivity index (χ2n) is 5.54. The van der Waals surface area contributed by atoms with Crippen LogP contribution in [0.1, 0.15) is 12.8 Å². The Morgan fingerprint density at radius 1 is 1.40 bits per heavy atom. The first kappa shape index (κ1) is 13.6. The Bertz CT molecular complexity index is 601. The van der Waals surface area contributed by atoms with Gasteiger partial charge in [-0.3, -0.25) is 0 Å². The van der Waals surface area contributed by atoms with Crippen LogP contribution in [0.3, 0.4) is 0 Å². The topological polar surface area (TPSA) is 41.0 Å². The minimum atomic E-state index is 0.686. The molecule has 1 aliphatic rings. The van der Waals surface area contributed by atoms with Crippen molar-refractivity contribution < 1.29 is 0 Å². The number of fused-ring (bicyclic) bond motifs is 1. The second kappa shape index (κ2) is 5.94. The van der Waals surface area contributed by atoms with Crippen LogP contribution in [-0.2, 0) is 0 Å². The minimum Gasteiger partial charge on any atom is -0.369 e. The van der Waals surface area contributed by atoms with Gasteiger partial charge in [-0.15, -0.1) is 0 Å². The van der Waals surface area contributed by atoms with E-state index in [0.717, 1.165) is 29.8 Å². The smallest absolute Gasteiger partial charge is 0.137 e. The summed E-state index contributed by atoms with van der Waals surface area (Å²) in [5.41, 5.74) is 0.885. The summed E-state index contributed by atoms with van der Waals surface area (Å²) in [7, 11) is 2.19. The van der Waals surface area contributed by atoms with E-state index in [4.69, 9.17) is 11.6 Å². The van der Waals surface area contributed by atoms with Gasteiger partial charge in [0, 0.05) is 23.5 Å². The largest absolute Gasteiger partial charge is 0.369 e. The van der Waals surface area contributed by atoms with Crippen molar-refractivity contribution in [3.8, 4) is 0 Å². The minimum absolute atomic E-state index is 0.686. The van der Waals surface area contributed by atoms with Gasteiger partial charge in [0.25, 0.3) is 0 Å². The van der Waals surface area contributed by atoms with Crippen LogP contribution in [0.2, 0.25) is 5.02 Å². The summed E-state index contributed by atoms with van der Waals surface area (Å²) < 4.78 is 0. The van der Waals surface area contributed by atoms with Gasteiger partial charge in [-0.1, -0.05) is 11.6 Å². The van der Waals surface area contributed by atoms with Crippen molar-refractivity contribution in [2.24, 2.45) is 5.92 Å². The molecule has 0 spiro atoms. The van der Waals surface area contributed by atoms with Crippen molar-refractivity contribution in [2.75, 3.05) is 32.0 Å². The predicted molar refractivity (Wildman–Crippen MR) is 83.3 cm³/mol. The molecule has 106 valence electrons. The number of rotatable bonds is 3. The summed E-state index contributed by atoms with van der Waals surface area (Å²) in [4.78, 5) is 11.0. The molecule has 1 fully saturated rings. The number of nitrogens with zero attached hydrogens (tertiary/aromatic N) is 3. The molecular formula is C15H19ClN4. The highest BCUT2D eigenvalue weighted by Gasteiger charge is 2.17. The van der Waals surface area contributed by atoms with Crippen molar-refractivity contribution in [2.45, 2.75) is 12.8 Å². The first-order valence-corrected chi connectivity index (χ1v) is 7.43. The lowest BCUT2D eigenvalue weighted by Gasteiger charge is -2.29. The van der Waals surface area contributed by atoms with Crippen LogP contribution < -0.4 is 5.32 Å². The molecule has 3 rings (SSSR count). The molecular weight excluding hydrogens is 272 g/mol. The molecule has 1 aromatic heterocycles. The van der Waals surface area contributed by atoms with Crippen molar-refractivity contribution in [1.29, 1.82) is 0 Å². The van der Waals surface area contributed by atoms with E-state index >= 15 is 0 Å². The molecule has 1 N–H and O–H groups in total. The lowest BCUT2D eigenvalue weighted by Crippen LogP contribution is -2.35. The molecule has 0 aliphatic carbocycles. The van der Waals surface area contributed by atoms with E-state index in [1.165, 1.54) is 19.4 Å². The van der Waals surface area contributed by atoms with Crippen LogP contribution in [0.4, 0.5) is 5.82 Å². The van der Waals surface area contributed by atoms with Gasteiger partial charge in [-0.25, -0.2) is 9.97 Å². The zero-order chi connectivity index (χ0) is 13.9. The Labute approximate surface area is 124 Å². The molecule has 4 nitrogen and oxygen atoms in total. The fraction of sp³-hybridized carbons (Fsp3) is 0.467. The van der Waals surface area contributed by atoms with Gasteiger partial charge in [-0.2, -0.15) is 0 Å². The summed E-state index contributed by atoms with van der Waals surface area (Å²) in [6.07, 6.45) is 4.16. The molecule has 0 amide bonds. The second-order valence-corrected chi connectivity index (χ2v) is 5.97. The standard InChI is InChI=1S/C15H19ClN4/c1-20-6-2-3-11(9-20)8-17-15-13-5-4-12(16)7-14(13)18-10-19-15/h4-5,7,10-11H,2-3,6,8-9H2,1H3,(H,17,18,19). The Balaban J connectivity index is 1.74. The van der Waals surface area contributed by atoms with E-state index in [0.29, 0.717) is 10.9 Å². The van der Waals surface area contributed by atoms with Gasteiger partial charge in [0.1, 0.15) is 12.1 Å². The van der Waals surface area contributed by atoms with Crippen LogP contribution in [0.15, 0.2) is 24.5 Å². The van der Waals surface area contributed by atoms with Gasteiger partial charge in [-0.05, 0) is 50.6 Å². The zero-order valence-corrected chi connectivity index (χ0v) is 12.4. The van der Waals surface area contributed by atoms with Crippen molar-refractivity contribution in [3.63, 3.8) is 0 Å². The Hall–Kier alpha value is -1.39. The maximum Gasteiger partial charge on any atom is 0.137 e. The molecule has 0 bridgehead atoms. The highest BCUT2D eigenvalue weighted by Crippen LogP contribution is 2.23. The van der Waals surface area contributed by atoms with Crippen LogP contribution in [0, 0.1) is 5.92 Å². The molecule has 2 aromatic rings. The Morgan fingerprint density at radius 3 is 3.15 bits per heavy atom. The van der Waals surface area contributed by atoms with Crippen molar-refractivity contribution in [3.05, 3.63) is 29.5 Å². The van der Waals surface area contributed by atoms with Crippen LogP contribution >= 0.6 is 11.6 Å². The lowest BCUT2D eigenvalue weighted by molar-refractivity contribution is 0.217. The van der Waals surface area contributed by atoms with Crippen molar-refractivity contribution in [1.82, 2.24) is 14.9 Å². The fourth-order valence-corrected chi connectivity index (χ4v) is 3.02. The van der Waals surface area contributed by atoms with Crippen LogP contribution in [-0.4, -0.2) is 41.5 Å². The van der Waals surface area contributed by atoms with Gasteiger partial charge >= 0.3 is 0 Å². The lowest BCUT2D eigenvalue weighted by atomic mass is 9.98. The summed E-state index contributed by atoms with van der Waals surface area (Å²) in [5, 5.41) is 5.21. The monoisotopic (exact) mass is 290 g/mol. The number of aromatic nitrogens is 2. The summed E-state index contributed by atoms with van der Waals surface area (Å²) in [6.45, 7) is 3.33. The third-order valence-electron chi connectivity index (χ3n) is 3.88. The van der Waals surface area contributed by atoms with Gasteiger partial charge in [0.05, 0.1) is 5.52 Å². The number of nitrogens with one attached hydrogen (secondary N) is 1. The van der Waals surface area contributed by atoms with Gasteiger partial charge < -0.3 is 10.2 Å². The van der Waals surface area contributed by atoms with E-state index in [1.807, 2.05) is 18.2 Å². The van der Waals surface area contributed by atoms with Crippen molar-refractivity contribution >= 4 is 28.3 Å². The number of benzene rings is 1. The molecule has 1 aromatic carbocycles. The van der Waals surface area contributed by atoms with Crippen LogP contribution in [0.5, 0.6) is 0 Å². The van der Waals surface area contributed by atoms with Gasteiger partial charge in [0.15, 0.2) is 0 Å². The predicted octanol–water partition coefficient (Wildman–Crippen LogP) is 3.04. The molecule has 0 saturated carbocycles. The first-order chi connectivity index (χ1) is 9.72. The average molecular weight is 291 g/mol. The molecule has 1 unspecified atom stereocenters. The first-order valence-electron chi connectivity index (χ1n) is 7.05. The third-order valence-corrected chi connectivity index (χ3v) is 4.11. The van der Waals surface area contributed by atoms with Crippen LogP contribution in [0.25, 0.3) is 10.9 Å². The number of likely N-dealkylation sites (tertiary alicyclic amines) is 1. The highest BCUT2D eigenvalue weighted by atomic mass is 35.5. The number of piperidine rings is 1. The fourth-order valence-electron chi connectivity index (χ4n) is 2.85. The normalized spacial score (nSPS) is 20.2. The summed E-state index contributed by atoms with van der Waals surface area (Å²) >= 11 is 6.00. The molecule has 2 heterocycles.